The molecular formula is C25H22F3N3O5. The van der Waals surface area contributed by atoms with E-state index in [1.165, 1.54) is 37.3 Å². The maximum atomic E-state index is 13.7. The van der Waals surface area contributed by atoms with Crippen molar-refractivity contribution >= 4 is 23.7 Å². The van der Waals surface area contributed by atoms with Crippen molar-refractivity contribution in [1.82, 2.24) is 4.90 Å². The molecule has 3 rings (SSSR count). The third-order valence-electron chi connectivity index (χ3n) is 5.56. The average molecular weight is 501 g/mol. The number of alkyl halides is 3. The first-order chi connectivity index (χ1) is 17.0. The topological polar surface area (TPSA) is 99.9 Å². The zero-order valence-electron chi connectivity index (χ0n) is 19.6. The third kappa shape index (κ3) is 5.17. The second-order valence-corrected chi connectivity index (χ2v) is 7.73. The maximum absolute atomic E-state index is 13.7. The first-order valence-corrected chi connectivity index (χ1v) is 10.8. The van der Waals surface area contributed by atoms with Gasteiger partial charge in [0, 0.05) is 5.70 Å². The number of benzene rings is 2. The Hall–Kier alpha value is -4.33. The lowest BCUT2D eigenvalue weighted by Crippen LogP contribution is -2.52. The summed E-state index contributed by atoms with van der Waals surface area (Å²) < 4.78 is 50.1. The molecule has 0 radical (unpaired) electrons. The second-order valence-electron chi connectivity index (χ2n) is 7.73. The van der Waals surface area contributed by atoms with Crippen molar-refractivity contribution in [2.45, 2.75) is 26.1 Å². The van der Waals surface area contributed by atoms with E-state index in [9.17, 15) is 27.6 Å². The number of halogens is 3. The van der Waals surface area contributed by atoms with Gasteiger partial charge in [-0.15, -0.1) is 0 Å². The van der Waals surface area contributed by atoms with Crippen LogP contribution >= 0.6 is 0 Å². The molecule has 0 aromatic heterocycles. The number of hydrogen-bond acceptors (Lipinski definition) is 6. The van der Waals surface area contributed by atoms with Gasteiger partial charge in [0.15, 0.2) is 0 Å². The number of anilines is 1. The van der Waals surface area contributed by atoms with Crippen molar-refractivity contribution in [3.63, 3.8) is 0 Å². The number of carbonyl (C=O) groups is 3. The van der Waals surface area contributed by atoms with Crippen molar-refractivity contribution < 1.29 is 37.0 Å². The molecule has 0 bridgehead atoms. The van der Waals surface area contributed by atoms with Gasteiger partial charge in [0.25, 0.3) is 0 Å². The van der Waals surface area contributed by atoms with Crippen LogP contribution in [0.2, 0.25) is 0 Å². The number of esters is 2. The zero-order chi connectivity index (χ0) is 26.6. The predicted octanol–water partition coefficient (Wildman–Crippen LogP) is 4.57. The minimum atomic E-state index is -4.67. The van der Waals surface area contributed by atoms with Crippen LogP contribution in [0.25, 0.3) is 0 Å². The number of carbonyl (C=O) groups excluding carboxylic acids is 3. The molecule has 0 spiro atoms. The molecule has 8 nitrogen and oxygen atoms in total. The standard InChI is InChI=1S/C25H22F3N3O5/c1-4-36-23(33)21-15(2)31(19-7-5-6-18(12-19)25(26,27)28)24(34)30(14-20(32)35-3)22(21)17-10-8-16(13-29)9-11-17/h5-12,22H,4,14H2,1-3H3/t22-/m1/s1. The molecule has 1 atom stereocenters. The van der Waals surface area contributed by atoms with Crippen molar-refractivity contribution in [2.75, 3.05) is 25.2 Å². The van der Waals surface area contributed by atoms with Gasteiger partial charge in [-0.3, -0.25) is 9.69 Å². The van der Waals surface area contributed by atoms with E-state index in [0.29, 0.717) is 11.1 Å². The molecule has 188 valence electrons. The Morgan fingerprint density at radius 2 is 1.81 bits per heavy atom. The van der Waals surface area contributed by atoms with E-state index in [1.807, 2.05) is 6.07 Å². The van der Waals surface area contributed by atoms with Gasteiger partial charge in [-0.05, 0) is 49.7 Å². The van der Waals surface area contributed by atoms with Gasteiger partial charge in [0.1, 0.15) is 6.54 Å². The molecule has 1 heterocycles. The number of urea groups is 1. The minimum absolute atomic E-state index is 0.00971. The van der Waals surface area contributed by atoms with Crippen LogP contribution in [0.4, 0.5) is 23.7 Å². The van der Waals surface area contributed by atoms with Crippen LogP contribution in [0, 0.1) is 11.3 Å². The molecule has 2 aromatic carbocycles. The maximum Gasteiger partial charge on any atom is 0.416 e. The van der Waals surface area contributed by atoms with Gasteiger partial charge in [-0.2, -0.15) is 18.4 Å². The number of nitrogens with zero attached hydrogens (tertiary/aromatic N) is 3. The fraction of sp³-hybridized carbons (Fsp3) is 0.280. The molecule has 36 heavy (non-hydrogen) atoms. The van der Waals surface area contributed by atoms with Crippen molar-refractivity contribution in [3.8, 4) is 6.07 Å². The molecule has 2 amide bonds. The fourth-order valence-electron chi connectivity index (χ4n) is 3.90. The van der Waals surface area contributed by atoms with E-state index in [-0.39, 0.29) is 23.6 Å². The van der Waals surface area contributed by atoms with Crippen molar-refractivity contribution in [1.29, 1.82) is 5.26 Å². The summed E-state index contributed by atoms with van der Waals surface area (Å²) in [6.07, 6.45) is -4.67. The number of amides is 2. The number of hydrogen-bond donors (Lipinski definition) is 0. The summed E-state index contributed by atoms with van der Waals surface area (Å²) in [6, 6.07) is 10.1. The minimum Gasteiger partial charge on any atom is -0.468 e. The van der Waals surface area contributed by atoms with Crippen molar-refractivity contribution in [3.05, 3.63) is 76.5 Å². The van der Waals surface area contributed by atoms with Crippen molar-refractivity contribution in [2.24, 2.45) is 0 Å². The van der Waals surface area contributed by atoms with Crippen LogP contribution < -0.4 is 4.90 Å². The normalized spacial score (nSPS) is 16.0. The first kappa shape index (κ1) is 26.3. The second kappa shape index (κ2) is 10.5. The number of rotatable bonds is 6. The Morgan fingerprint density at radius 1 is 1.14 bits per heavy atom. The summed E-state index contributed by atoms with van der Waals surface area (Å²) in [7, 11) is 1.12. The smallest absolute Gasteiger partial charge is 0.416 e. The highest BCUT2D eigenvalue weighted by Gasteiger charge is 2.44. The highest BCUT2D eigenvalue weighted by atomic mass is 19.4. The monoisotopic (exact) mass is 501 g/mol. The van der Waals surface area contributed by atoms with Gasteiger partial charge < -0.3 is 14.4 Å². The number of nitriles is 1. The summed E-state index contributed by atoms with van der Waals surface area (Å²) in [4.78, 5) is 41.1. The van der Waals surface area contributed by atoms with E-state index in [1.54, 1.807) is 6.92 Å². The quantitative estimate of drug-likeness (QED) is 0.538. The Labute approximate surface area is 205 Å². The molecule has 0 aliphatic carbocycles. The van der Waals surface area contributed by atoms with Crippen LogP contribution in [-0.4, -0.2) is 43.1 Å². The molecule has 0 unspecified atom stereocenters. The van der Waals surface area contributed by atoms with Gasteiger partial charge >= 0.3 is 24.1 Å². The van der Waals surface area contributed by atoms with Gasteiger partial charge in [-0.1, -0.05) is 18.2 Å². The highest BCUT2D eigenvalue weighted by molar-refractivity contribution is 6.04. The predicted molar refractivity (Wildman–Crippen MR) is 121 cm³/mol. The van der Waals surface area contributed by atoms with E-state index in [4.69, 9.17) is 14.7 Å². The lowest BCUT2D eigenvalue weighted by atomic mass is 9.92. The molecule has 0 N–H and O–H groups in total. The Kier molecular flexibility index (Phi) is 7.68. The van der Waals surface area contributed by atoms with Gasteiger partial charge in [0.05, 0.1) is 48.2 Å². The van der Waals surface area contributed by atoms with E-state index in [2.05, 4.69) is 0 Å². The zero-order valence-corrected chi connectivity index (χ0v) is 19.6. The van der Waals surface area contributed by atoms with Crippen LogP contribution in [0.1, 0.15) is 36.6 Å². The fourth-order valence-corrected chi connectivity index (χ4v) is 3.90. The average Bonchev–Trinajstić information content (AvgIpc) is 2.85. The number of methoxy groups -OCH3 is 1. The summed E-state index contributed by atoms with van der Waals surface area (Å²) in [6.45, 7) is 2.38. The lowest BCUT2D eigenvalue weighted by molar-refractivity contribution is -0.143. The summed E-state index contributed by atoms with van der Waals surface area (Å²) in [5.74, 6) is -1.63. The third-order valence-corrected chi connectivity index (χ3v) is 5.56. The van der Waals surface area contributed by atoms with Crippen LogP contribution in [0.15, 0.2) is 59.8 Å². The molecule has 0 fully saturated rings. The van der Waals surface area contributed by atoms with Crippen LogP contribution in [0.3, 0.4) is 0 Å². The molecule has 0 saturated carbocycles. The van der Waals surface area contributed by atoms with Gasteiger partial charge in [0.2, 0.25) is 0 Å². The molecule has 11 heteroatoms. The highest BCUT2D eigenvalue weighted by Crippen LogP contribution is 2.41. The molecular weight excluding hydrogens is 479 g/mol. The van der Waals surface area contributed by atoms with E-state index in [0.717, 1.165) is 35.1 Å². The largest absolute Gasteiger partial charge is 0.468 e. The van der Waals surface area contributed by atoms with Crippen LogP contribution in [0.5, 0.6) is 0 Å². The lowest BCUT2D eigenvalue weighted by Gasteiger charge is -2.42. The Bertz CT molecular complexity index is 1250. The molecule has 1 aliphatic heterocycles. The summed E-state index contributed by atoms with van der Waals surface area (Å²) >= 11 is 0. The van der Waals surface area contributed by atoms with Crippen LogP contribution in [-0.2, 0) is 25.2 Å². The van der Waals surface area contributed by atoms with Gasteiger partial charge in [-0.25, -0.2) is 9.59 Å². The first-order valence-electron chi connectivity index (χ1n) is 10.8. The Balaban J connectivity index is 2.28. The molecule has 1 aliphatic rings. The molecule has 2 aromatic rings. The Morgan fingerprint density at radius 3 is 2.36 bits per heavy atom. The number of allylic oxidation sites excluding steroid dienone is 1. The summed E-state index contributed by atoms with van der Waals surface area (Å²) in [5, 5.41) is 9.13. The van der Waals surface area contributed by atoms with E-state index < -0.39 is 42.3 Å². The van der Waals surface area contributed by atoms with E-state index >= 15 is 0 Å². The SMILES string of the molecule is CCOC(=O)C1=C(C)N(c2cccc(C(F)(F)F)c2)C(=O)N(CC(=O)OC)[C@@H]1c1ccc(C#N)cc1. The molecule has 0 saturated heterocycles. The summed E-state index contributed by atoms with van der Waals surface area (Å²) in [5.41, 5.74) is -0.452. The number of ether oxygens (including phenoxy) is 2.